The fourth-order valence-corrected chi connectivity index (χ4v) is 1.62. The molecule has 0 N–H and O–H groups in total. The first kappa shape index (κ1) is 9.43. The van der Waals surface area contributed by atoms with Gasteiger partial charge in [0.25, 0.3) is 0 Å². The number of nitrogens with zero attached hydrogens (tertiary/aromatic N) is 3. The van der Waals surface area contributed by atoms with E-state index in [4.69, 9.17) is 23.2 Å². The first-order chi connectivity index (χ1) is 6.59. The van der Waals surface area contributed by atoms with Gasteiger partial charge in [-0.05, 0) is 6.07 Å². The number of Topliss-reactive ketones (excluding diaryl/α,β-unsaturated/α-hetero) is 1. The Morgan fingerprint density at radius 2 is 2.21 bits per heavy atom. The van der Waals surface area contributed by atoms with Crippen LogP contribution in [-0.4, -0.2) is 20.4 Å². The minimum atomic E-state index is -0.136. The van der Waals surface area contributed by atoms with Gasteiger partial charge < -0.3 is 0 Å². The summed E-state index contributed by atoms with van der Waals surface area (Å²) in [6.45, 7) is 1.43. The van der Waals surface area contributed by atoms with Crippen molar-refractivity contribution in [1.82, 2.24) is 14.6 Å². The SMILES string of the molecule is CC(=O)c1cnc2c(Cl)cc(Cl)nn12. The van der Waals surface area contributed by atoms with Crippen LogP contribution in [0.25, 0.3) is 5.65 Å². The van der Waals surface area contributed by atoms with Gasteiger partial charge in [-0.1, -0.05) is 23.2 Å². The van der Waals surface area contributed by atoms with Gasteiger partial charge in [0.1, 0.15) is 5.69 Å². The van der Waals surface area contributed by atoms with Gasteiger partial charge in [0.2, 0.25) is 0 Å². The number of halogens is 2. The molecule has 2 aromatic heterocycles. The average molecular weight is 230 g/mol. The van der Waals surface area contributed by atoms with Crippen LogP contribution < -0.4 is 0 Å². The van der Waals surface area contributed by atoms with Gasteiger partial charge in [0.05, 0.1) is 11.2 Å². The van der Waals surface area contributed by atoms with Crippen molar-refractivity contribution in [3.8, 4) is 0 Å². The lowest BCUT2D eigenvalue weighted by atomic mass is 10.3. The van der Waals surface area contributed by atoms with E-state index in [0.29, 0.717) is 16.4 Å². The monoisotopic (exact) mass is 229 g/mol. The summed E-state index contributed by atoms with van der Waals surface area (Å²) in [5, 5.41) is 4.53. The Hall–Kier alpha value is -1.13. The van der Waals surface area contributed by atoms with Crippen LogP contribution in [0.2, 0.25) is 10.2 Å². The van der Waals surface area contributed by atoms with E-state index in [0.717, 1.165) is 0 Å². The lowest BCUT2D eigenvalue weighted by Gasteiger charge is -1.98. The minimum Gasteiger partial charge on any atom is -0.293 e. The number of hydrogen-bond donors (Lipinski definition) is 0. The van der Waals surface area contributed by atoms with Crippen molar-refractivity contribution in [2.45, 2.75) is 6.92 Å². The van der Waals surface area contributed by atoms with Crippen molar-refractivity contribution < 1.29 is 4.79 Å². The van der Waals surface area contributed by atoms with Crippen molar-refractivity contribution in [3.05, 3.63) is 28.1 Å². The van der Waals surface area contributed by atoms with E-state index in [-0.39, 0.29) is 10.9 Å². The van der Waals surface area contributed by atoms with Crippen LogP contribution >= 0.6 is 23.2 Å². The highest BCUT2D eigenvalue weighted by Gasteiger charge is 2.11. The molecule has 0 radical (unpaired) electrons. The summed E-state index contributed by atoms with van der Waals surface area (Å²) in [4.78, 5) is 15.1. The number of carbonyl (C=O) groups is 1. The molecule has 2 heterocycles. The Bertz CT molecular complexity index is 521. The van der Waals surface area contributed by atoms with Gasteiger partial charge in [-0.2, -0.15) is 5.10 Å². The number of carbonyl (C=O) groups excluding carboxylic acids is 1. The van der Waals surface area contributed by atoms with Crippen molar-refractivity contribution in [3.63, 3.8) is 0 Å². The Morgan fingerprint density at radius 3 is 2.86 bits per heavy atom. The average Bonchev–Trinajstić information content (AvgIpc) is 2.47. The van der Waals surface area contributed by atoms with E-state index in [9.17, 15) is 4.79 Å². The highest BCUT2D eigenvalue weighted by atomic mass is 35.5. The number of hydrogen-bond acceptors (Lipinski definition) is 3. The molecule has 0 bridgehead atoms. The molecular weight excluding hydrogens is 225 g/mol. The molecule has 4 nitrogen and oxygen atoms in total. The van der Waals surface area contributed by atoms with Crippen LogP contribution in [0.1, 0.15) is 17.4 Å². The number of aromatic nitrogens is 3. The largest absolute Gasteiger partial charge is 0.293 e. The maximum Gasteiger partial charge on any atom is 0.179 e. The maximum absolute atomic E-state index is 11.2. The number of rotatable bonds is 1. The molecule has 0 saturated carbocycles. The standard InChI is InChI=1S/C8H5Cl2N3O/c1-4(14)6-3-11-8-5(9)2-7(10)12-13(6)8/h2-3H,1H3. The highest BCUT2D eigenvalue weighted by Crippen LogP contribution is 2.19. The summed E-state index contributed by atoms with van der Waals surface area (Å²) in [6, 6.07) is 1.48. The Morgan fingerprint density at radius 1 is 1.50 bits per heavy atom. The van der Waals surface area contributed by atoms with Gasteiger partial charge in [0, 0.05) is 6.92 Å². The van der Waals surface area contributed by atoms with Gasteiger partial charge in [0.15, 0.2) is 16.6 Å². The van der Waals surface area contributed by atoms with E-state index in [1.807, 2.05) is 0 Å². The molecule has 72 valence electrons. The zero-order chi connectivity index (χ0) is 10.3. The van der Waals surface area contributed by atoms with Crippen molar-refractivity contribution >= 4 is 34.6 Å². The molecule has 0 unspecified atom stereocenters. The Labute approximate surface area is 89.5 Å². The van der Waals surface area contributed by atoms with Gasteiger partial charge in [-0.15, -0.1) is 0 Å². The molecule has 6 heteroatoms. The topological polar surface area (TPSA) is 47.3 Å². The predicted molar refractivity (Wildman–Crippen MR) is 53.0 cm³/mol. The van der Waals surface area contributed by atoms with Crippen LogP contribution in [-0.2, 0) is 0 Å². The molecule has 2 aromatic rings. The number of ketones is 1. The van der Waals surface area contributed by atoms with Crippen molar-refractivity contribution in [1.29, 1.82) is 0 Å². The third kappa shape index (κ3) is 1.36. The fourth-order valence-electron chi connectivity index (χ4n) is 1.14. The second kappa shape index (κ2) is 3.22. The maximum atomic E-state index is 11.2. The molecule has 2 rings (SSSR count). The molecular formula is C8H5Cl2N3O. The molecule has 0 fully saturated rings. The van der Waals surface area contributed by atoms with E-state index in [2.05, 4.69) is 10.1 Å². The molecule has 0 amide bonds. The smallest absolute Gasteiger partial charge is 0.179 e. The van der Waals surface area contributed by atoms with Crippen LogP contribution in [0, 0.1) is 0 Å². The summed E-state index contributed by atoms with van der Waals surface area (Å²) in [5.74, 6) is -0.136. The Kier molecular flexibility index (Phi) is 2.17. The quantitative estimate of drug-likeness (QED) is 0.705. The van der Waals surface area contributed by atoms with Crippen LogP contribution in [0.4, 0.5) is 0 Å². The van der Waals surface area contributed by atoms with E-state index in [1.54, 1.807) is 0 Å². The molecule has 0 aliphatic rings. The predicted octanol–water partition coefficient (Wildman–Crippen LogP) is 2.24. The molecule has 0 aliphatic carbocycles. The second-order valence-corrected chi connectivity index (χ2v) is 3.54. The normalized spacial score (nSPS) is 10.8. The number of fused-ring (bicyclic) bond motifs is 1. The summed E-state index contributed by atoms with van der Waals surface area (Å²) in [7, 11) is 0. The highest BCUT2D eigenvalue weighted by molar-refractivity contribution is 6.35. The summed E-state index contributed by atoms with van der Waals surface area (Å²) < 4.78 is 1.34. The van der Waals surface area contributed by atoms with Crippen molar-refractivity contribution in [2.75, 3.05) is 0 Å². The summed E-state index contributed by atoms with van der Waals surface area (Å²) in [5.41, 5.74) is 0.797. The fraction of sp³-hybridized carbons (Fsp3) is 0.125. The molecule has 0 spiro atoms. The lowest BCUT2D eigenvalue weighted by molar-refractivity contribution is 0.101. The zero-order valence-corrected chi connectivity index (χ0v) is 8.67. The molecule has 0 aliphatic heterocycles. The van der Waals surface area contributed by atoms with Crippen LogP contribution in [0.15, 0.2) is 12.3 Å². The van der Waals surface area contributed by atoms with Gasteiger partial charge in [-0.25, -0.2) is 9.50 Å². The lowest BCUT2D eigenvalue weighted by Crippen LogP contribution is -2.02. The minimum absolute atomic E-state index is 0.136. The van der Waals surface area contributed by atoms with E-state index in [1.165, 1.54) is 23.7 Å². The third-order valence-corrected chi connectivity index (χ3v) is 2.22. The zero-order valence-electron chi connectivity index (χ0n) is 7.16. The van der Waals surface area contributed by atoms with Crippen LogP contribution in [0.5, 0.6) is 0 Å². The first-order valence-electron chi connectivity index (χ1n) is 3.80. The first-order valence-corrected chi connectivity index (χ1v) is 4.56. The van der Waals surface area contributed by atoms with E-state index >= 15 is 0 Å². The summed E-state index contributed by atoms with van der Waals surface area (Å²) in [6.07, 6.45) is 1.42. The van der Waals surface area contributed by atoms with Crippen molar-refractivity contribution in [2.24, 2.45) is 0 Å². The van der Waals surface area contributed by atoms with Gasteiger partial charge >= 0.3 is 0 Å². The molecule has 14 heavy (non-hydrogen) atoms. The third-order valence-electron chi connectivity index (χ3n) is 1.75. The molecule has 0 aromatic carbocycles. The number of imidazole rings is 1. The van der Waals surface area contributed by atoms with E-state index < -0.39 is 0 Å². The molecule has 0 saturated heterocycles. The second-order valence-electron chi connectivity index (χ2n) is 2.75. The molecule has 0 atom stereocenters. The van der Waals surface area contributed by atoms with Crippen LogP contribution in [0.3, 0.4) is 0 Å². The summed E-state index contributed by atoms with van der Waals surface area (Å²) >= 11 is 11.6. The van der Waals surface area contributed by atoms with Gasteiger partial charge in [-0.3, -0.25) is 4.79 Å². The Balaban J connectivity index is 2.85.